The molecule has 2 aromatic carbocycles. The first-order valence-electron chi connectivity index (χ1n) is 9.82. The first-order chi connectivity index (χ1) is 15.3. The van der Waals surface area contributed by atoms with Gasteiger partial charge in [0.15, 0.2) is 0 Å². The predicted octanol–water partition coefficient (Wildman–Crippen LogP) is 4.13. The summed E-state index contributed by atoms with van der Waals surface area (Å²) in [4.78, 5) is 18.3. The zero-order chi connectivity index (χ0) is 22.7. The zero-order valence-electron chi connectivity index (χ0n) is 17.6. The molecule has 0 fully saturated rings. The van der Waals surface area contributed by atoms with Gasteiger partial charge in [0.1, 0.15) is 5.65 Å². The first-order valence-corrected chi connectivity index (χ1v) is 12.2. The Hall–Kier alpha value is -3.14. The highest BCUT2D eigenvalue weighted by Gasteiger charge is 2.17. The largest absolute Gasteiger partial charge is 0.322 e. The Kier molecular flexibility index (Phi) is 6.31. The topological polar surface area (TPSA) is 83.8 Å². The van der Waals surface area contributed by atoms with Crippen molar-refractivity contribution in [3.05, 3.63) is 90.4 Å². The number of hydrogen-bond acceptors (Lipinski definition) is 5. The van der Waals surface area contributed by atoms with Gasteiger partial charge in [-0.1, -0.05) is 12.1 Å². The van der Waals surface area contributed by atoms with Gasteiger partial charge in [0.2, 0.25) is 10.0 Å². The highest BCUT2D eigenvalue weighted by atomic mass is 32.2. The molecule has 0 aliphatic carbocycles. The van der Waals surface area contributed by atoms with Crippen LogP contribution < -0.4 is 5.32 Å². The molecule has 7 nitrogen and oxygen atoms in total. The number of sulfonamides is 1. The van der Waals surface area contributed by atoms with E-state index < -0.39 is 10.0 Å². The third-order valence-corrected chi connectivity index (χ3v) is 7.64. The molecule has 0 bridgehead atoms. The van der Waals surface area contributed by atoms with Gasteiger partial charge in [-0.25, -0.2) is 17.7 Å². The summed E-state index contributed by atoms with van der Waals surface area (Å²) in [6, 6.07) is 19.4. The molecule has 0 aliphatic rings. The lowest BCUT2D eigenvalue weighted by atomic mass is 10.2. The molecule has 1 amide bonds. The maximum atomic E-state index is 12.6. The van der Waals surface area contributed by atoms with Gasteiger partial charge in [0.05, 0.1) is 10.6 Å². The van der Waals surface area contributed by atoms with E-state index in [2.05, 4.69) is 10.3 Å². The van der Waals surface area contributed by atoms with Crippen molar-refractivity contribution in [2.75, 3.05) is 19.4 Å². The van der Waals surface area contributed by atoms with Crippen LogP contribution in [0.3, 0.4) is 0 Å². The molecule has 2 heterocycles. The second-order valence-corrected chi connectivity index (χ2v) is 10.5. The summed E-state index contributed by atoms with van der Waals surface area (Å²) in [7, 11) is -0.636. The number of nitrogens with one attached hydrogen (secondary N) is 1. The molecule has 4 aromatic rings. The summed E-state index contributed by atoms with van der Waals surface area (Å²) in [5.74, 6) is 0.418. The molecule has 9 heteroatoms. The van der Waals surface area contributed by atoms with Gasteiger partial charge in [-0.2, -0.15) is 0 Å². The third kappa shape index (κ3) is 4.85. The first kappa shape index (κ1) is 22.1. The molecule has 2 aromatic heterocycles. The molecule has 4 rings (SSSR count). The Bertz CT molecular complexity index is 1330. The number of thioether (sulfide) groups is 1. The van der Waals surface area contributed by atoms with Crippen LogP contribution in [0.1, 0.15) is 16.1 Å². The summed E-state index contributed by atoms with van der Waals surface area (Å²) in [5.41, 5.74) is 2.80. The van der Waals surface area contributed by atoms with Crippen molar-refractivity contribution >= 4 is 39.0 Å². The number of hydrogen-bond donors (Lipinski definition) is 1. The van der Waals surface area contributed by atoms with Crippen molar-refractivity contribution in [1.29, 1.82) is 0 Å². The minimum Gasteiger partial charge on any atom is -0.322 e. The molecule has 0 spiro atoms. The highest BCUT2D eigenvalue weighted by Crippen LogP contribution is 2.24. The maximum Gasteiger partial charge on any atom is 0.255 e. The molecule has 32 heavy (non-hydrogen) atoms. The molecular formula is C23H22N4O3S2. The quantitative estimate of drug-likeness (QED) is 0.414. The lowest BCUT2D eigenvalue weighted by molar-refractivity contribution is 0.102. The van der Waals surface area contributed by atoms with Crippen molar-refractivity contribution in [2.24, 2.45) is 0 Å². The molecule has 0 unspecified atom stereocenters. The van der Waals surface area contributed by atoms with E-state index in [1.807, 2.05) is 47.1 Å². The molecule has 164 valence electrons. The normalized spacial score (nSPS) is 11.7. The Labute approximate surface area is 191 Å². The minimum atomic E-state index is -3.57. The number of rotatable bonds is 7. The summed E-state index contributed by atoms with van der Waals surface area (Å²) in [5, 5.41) is 2.76. The number of imidazole rings is 1. The van der Waals surface area contributed by atoms with Crippen LogP contribution in [0.5, 0.6) is 0 Å². The second-order valence-electron chi connectivity index (χ2n) is 7.28. The van der Waals surface area contributed by atoms with E-state index in [-0.39, 0.29) is 10.8 Å². The zero-order valence-corrected chi connectivity index (χ0v) is 19.2. The van der Waals surface area contributed by atoms with Crippen LogP contribution in [0.4, 0.5) is 5.69 Å². The fourth-order valence-corrected chi connectivity index (χ4v) is 4.80. The predicted molar refractivity (Wildman–Crippen MR) is 126 cm³/mol. The van der Waals surface area contributed by atoms with Crippen LogP contribution in [0.2, 0.25) is 0 Å². The maximum absolute atomic E-state index is 12.6. The molecule has 0 aliphatic heterocycles. The minimum absolute atomic E-state index is 0.124. The number of carbonyl (C=O) groups excluding carboxylic acids is 1. The Balaban J connectivity index is 1.40. The fraction of sp³-hybridized carbons (Fsp3) is 0.130. The van der Waals surface area contributed by atoms with Gasteiger partial charge in [0.25, 0.3) is 5.91 Å². The van der Waals surface area contributed by atoms with Crippen LogP contribution in [0.25, 0.3) is 5.65 Å². The third-order valence-electron chi connectivity index (χ3n) is 4.79. The number of pyridine rings is 1. The van der Waals surface area contributed by atoms with Gasteiger partial charge in [0, 0.05) is 48.4 Å². The van der Waals surface area contributed by atoms with Crippen molar-refractivity contribution in [2.45, 2.75) is 15.5 Å². The number of carbonyl (C=O) groups is 1. The number of anilines is 1. The van der Waals surface area contributed by atoms with Crippen LogP contribution in [0.15, 0.2) is 88.9 Å². The number of benzene rings is 2. The standard InChI is InChI=1S/C23H22N4O3S2/c1-26(2)32(29,30)21-7-5-6-18(14-21)25-23(28)17-9-11-20(12-10-17)31-16-19-15-27-13-4-3-8-22(27)24-19/h3-15H,16H2,1-2H3,(H,25,28). The summed E-state index contributed by atoms with van der Waals surface area (Å²) >= 11 is 1.64. The molecule has 0 atom stereocenters. The van der Waals surface area contributed by atoms with Crippen molar-refractivity contribution in [3.8, 4) is 0 Å². The smallest absolute Gasteiger partial charge is 0.255 e. The number of nitrogens with zero attached hydrogens (tertiary/aromatic N) is 3. The van der Waals surface area contributed by atoms with Crippen molar-refractivity contribution in [1.82, 2.24) is 13.7 Å². The van der Waals surface area contributed by atoms with E-state index in [0.717, 1.165) is 26.3 Å². The van der Waals surface area contributed by atoms with Crippen LogP contribution in [0, 0.1) is 0 Å². The fourth-order valence-electron chi connectivity index (χ4n) is 3.06. The summed E-state index contributed by atoms with van der Waals surface area (Å²) in [6.45, 7) is 0. The molecular weight excluding hydrogens is 444 g/mol. The monoisotopic (exact) mass is 466 g/mol. The van der Waals surface area contributed by atoms with E-state index in [1.54, 1.807) is 36.0 Å². The van der Waals surface area contributed by atoms with E-state index >= 15 is 0 Å². The Morgan fingerprint density at radius 1 is 1.06 bits per heavy atom. The van der Waals surface area contributed by atoms with Gasteiger partial charge in [-0.05, 0) is 54.6 Å². The molecule has 1 N–H and O–H groups in total. The molecule has 0 radical (unpaired) electrons. The molecule has 0 saturated heterocycles. The highest BCUT2D eigenvalue weighted by molar-refractivity contribution is 7.98. The number of amides is 1. The van der Waals surface area contributed by atoms with Crippen LogP contribution >= 0.6 is 11.8 Å². The second kappa shape index (κ2) is 9.15. The van der Waals surface area contributed by atoms with Crippen LogP contribution in [-0.4, -0.2) is 42.1 Å². The Morgan fingerprint density at radius 3 is 2.56 bits per heavy atom. The van der Waals surface area contributed by atoms with E-state index in [9.17, 15) is 13.2 Å². The van der Waals surface area contributed by atoms with E-state index in [4.69, 9.17) is 0 Å². The van der Waals surface area contributed by atoms with Gasteiger partial charge < -0.3 is 9.72 Å². The van der Waals surface area contributed by atoms with Crippen molar-refractivity contribution < 1.29 is 13.2 Å². The Morgan fingerprint density at radius 2 is 1.84 bits per heavy atom. The average Bonchev–Trinajstić information content (AvgIpc) is 3.21. The van der Waals surface area contributed by atoms with Gasteiger partial charge in [-0.3, -0.25) is 4.79 Å². The average molecular weight is 467 g/mol. The lowest BCUT2D eigenvalue weighted by Crippen LogP contribution is -2.22. The number of aromatic nitrogens is 2. The SMILES string of the molecule is CN(C)S(=O)(=O)c1cccc(NC(=O)c2ccc(SCc3cn4ccccc4n3)cc2)c1. The number of fused-ring (bicyclic) bond motifs is 1. The van der Waals surface area contributed by atoms with E-state index in [0.29, 0.717) is 11.3 Å². The summed E-state index contributed by atoms with van der Waals surface area (Å²) in [6.07, 6.45) is 3.98. The molecule has 0 saturated carbocycles. The summed E-state index contributed by atoms with van der Waals surface area (Å²) < 4.78 is 27.7. The van der Waals surface area contributed by atoms with Crippen molar-refractivity contribution in [3.63, 3.8) is 0 Å². The van der Waals surface area contributed by atoms with Gasteiger partial charge in [-0.15, -0.1) is 11.8 Å². The lowest BCUT2D eigenvalue weighted by Gasteiger charge is -2.12. The van der Waals surface area contributed by atoms with Gasteiger partial charge >= 0.3 is 0 Å². The van der Waals surface area contributed by atoms with Crippen LogP contribution in [-0.2, 0) is 15.8 Å². The van der Waals surface area contributed by atoms with E-state index in [1.165, 1.54) is 26.2 Å².